The monoisotopic (exact) mass is 342 g/mol. The fourth-order valence-electron chi connectivity index (χ4n) is 2.29. The maximum atomic E-state index is 10.6. The van der Waals surface area contributed by atoms with E-state index in [2.05, 4.69) is 14.2 Å². The van der Waals surface area contributed by atoms with Gasteiger partial charge in [0.2, 0.25) is 0 Å². The first kappa shape index (κ1) is 19.0. The Morgan fingerprint density at radius 2 is 2.09 bits per heavy atom. The molecule has 0 bridgehead atoms. The lowest BCUT2D eigenvalue weighted by Crippen LogP contribution is -2.47. The normalized spacial score (nSPS) is 29.0. The summed E-state index contributed by atoms with van der Waals surface area (Å²) in [5.41, 5.74) is 8.39. The van der Waals surface area contributed by atoms with Crippen LogP contribution in [0.25, 0.3) is 10.4 Å². The molecule has 0 unspecified atom stereocenters. The molecule has 5 N–H and O–H groups in total. The molecule has 128 valence electrons. The van der Waals surface area contributed by atoms with E-state index in [1.54, 1.807) is 0 Å². The molecular weight excluding hydrogens is 324 g/mol. The molecule has 13 heteroatoms. The molecule has 0 saturated carbocycles. The summed E-state index contributed by atoms with van der Waals surface area (Å²) in [5.74, 6) is 0. The molecule has 22 heavy (non-hydrogen) atoms. The summed E-state index contributed by atoms with van der Waals surface area (Å²) in [7, 11) is -4.87. The smallest absolute Gasteiger partial charge is 0.395 e. The minimum atomic E-state index is -4.87. The van der Waals surface area contributed by atoms with Crippen molar-refractivity contribution in [3.63, 3.8) is 0 Å². The average Bonchev–Trinajstić information content (AvgIpc) is 2.71. The van der Waals surface area contributed by atoms with Crippen molar-refractivity contribution >= 4 is 10.4 Å². The van der Waals surface area contributed by atoms with Crippen molar-refractivity contribution < 1.29 is 37.6 Å². The van der Waals surface area contributed by atoms with E-state index in [1.165, 1.54) is 4.90 Å². The van der Waals surface area contributed by atoms with Crippen molar-refractivity contribution in [3.8, 4) is 0 Å². The highest BCUT2D eigenvalue weighted by atomic mass is 32.3. The predicted octanol–water partition coefficient (Wildman–Crippen LogP) is -2.76. The number of azide groups is 1. The van der Waals surface area contributed by atoms with Crippen LogP contribution in [0.15, 0.2) is 5.11 Å². The minimum Gasteiger partial charge on any atom is -0.395 e. The molecule has 0 aromatic carbocycles. The van der Waals surface area contributed by atoms with Crippen molar-refractivity contribution in [2.75, 3.05) is 26.3 Å². The van der Waals surface area contributed by atoms with E-state index in [1.807, 2.05) is 0 Å². The molecule has 0 aromatic heterocycles. The fraction of sp³-hybridized carbons (Fsp3) is 1.00. The molecule has 0 radical (unpaired) electrons. The standard InChI is InChI=1S/C9H18N4O8S/c10-12-11-5-1-13(6(3-14)9(5)17)2-7(16)8(4-15)21-22(18,19)20/h5-9,14-17H,1-4H2,(H,18,19,20)/t5-,6-,7-,8+,9+/m1/s1. The molecule has 1 heterocycles. The number of β-amino-alcohol motifs (C(OH)–C–C–N with tert-alkyl or cyclic N) is 1. The lowest BCUT2D eigenvalue weighted by Gasteiger charge is -2.28. The van der Waals surface area contributed by atoms with E-state index in [0.717, 1.165) is 0 Å². The van der Waals surface area contributed by atoms with Gasteiger partial charge in [0.1, 0.15) is 6.10 Å². The van der Waals surface area contributed by atoms with Gasteiger partial charge in [0.05, 0.1) is 37.5 Å². The molecule has 0 aliphatic carbocycles. The molecule has 1 fully saturated rings. The van der Waals surface area contributed by atoms with Gasteiger partial charge in [0.15, 0.2) is 0 Å². The van der Waals surface area contributed by atoms with Crippen molar-refractivity contribution in [1.29, 1.82) is 0 Å². The van der Waals surface area contributed by atoms with Gasteiger partial charge >= 0.3 is 10.4 Å². The largest absolute Gasteiger partial charge is 0.397 e. The Bertz CT molecular complexity index is 510. The molecule has 12 nitrogen and oxygen atoms in total. The van der Waals surface area contributed by atoms with E-state index >= 15 is 0 Å². The predicted molar refractivity (Wildman–Crippen MR) is 70.9 cm³/mol. The van der Waals surface area contributed by atoms with Crippen LogP contribution in [0.4, 0.5) is 0 Å². The first-order chi connectivity index (χ1) is 10.2. The van der Waals surface area contributed by atoms with E-state index in [-0.39, 0.29) is 13.1 Å². The number of likely N-dealkylation sites (tertiary alicyclic amines) is 1. The first-order valence-electron chi connectivity index (χ1n) is 6.25. The summed E-state index contributed by atoms with van der Waals surface area (Å²) in [6, 6.07) is -1.68. The molecular formula is C9H18N4O8S. The Labute approximate surface area is 126 Å². The lowest BCUT2D eigenvalue weighted by atomic mass is 10.1. The highest BCUT2D eigenvalue weighted by Crippen LogP contribution is 2.22. The van der Waals surface area contributed by atoms with Crippen LogP contribution in [0.2, 0.25) is 0 Å². The van der Waals surface area contributed by atoms with Gasteiger partial charge in [-0.2, -0.15) is 8.42 Å². The van der Waals surface area contributed by atoms with E-state index in [9.17, 15) is 23.7 Å². The van der Waals surface area contributed by atoms with Crippen LogP contribution < -0.4 is 0 Å². The Morgan fingerprint density at radius 1 is 1.45 bits per heavy atom. The third kappa shape index (κ3) is 5.01. The lowest BCUT2D eigenvalue weighted by molar-refractivity contribution is -0.0278. The maximum Gasteiger partial charge on any atom is 0.397 e. The maximum absolute atomic E-state index is 10.6. The highest BCUT2D eigenvalue weighted by molar-refractivity contribution is 7.80. The number of aliphatic hydroxyl groups excluding tert-OH is 4. The van der Waals surface area contributed by atoms with Crippen LogP contribution in [0.3, 0.4) is 0 Å². The van der Waals surface area contributed by atoms with E-state index in [0.29, 0.717) is 0 Å². The minimum absolute atomic E-state index is 0.0114. The van der Waals surface area contributed by atoms with Crippen LogP contribution in [0, 0.1) is 0 Å². The second-order valence-corrected chi connectivity index (χ2v) is 5.83. The van der Waals surface area contributed by atoms with Gasteiger partial charge in [0, 0.05) is 18.0 Å². The number of aliphatic hydroxyl groups is 4. The quantitative estimate of drug-likeness (QED) is 0.134. The molecule has 5 atom stereocenters. The van der Waals surface area contributed by atoms with Gasteiger partial charge in [0.25, 0.3) is 0 Å². The topological polar surface area (TPSA) is 197 Å². The summed E-state index contributed by atoms with van der Waals surface area (Å²) < 4.78 is 33.9. The Hall–Kier alpha value is -1.02. The molecule has 1 rings (SSSR count). The second kappa shape index (κ2) is 8.01. The summed E-state index contributed by atoms with van der Waals surface area (Å²) in [6.45, 7) is -1.66. The molecule has 1 aliphatic rings. The van der Waals surface area contributed by atoms with Crippen LogP contribution in [-0.2, 0) is 14.6 Å². The van der Waals surface area contributed by atoms with Gasteiger partial charge in [-0.3, -0.25) is 9.45 Å². The zero-order chi connectivity index (χ0) is 16.9. The van der Waals surface area contributed by atoms with Gasteiger partial charge in [-0.05, 0) is 5.53 Å². The van der Waals surface area contributed by atoms with Crippen molar-refractivity contribution in [1.82, 2.24) is 4.90 Å². The fourth-order valence-corrected chi connectivity index (χ4v) is 2.79. The zero-order valence-corrected chi connectivity index (χ0v) is 12.2. The van der Waals surface area contributed by atoms with E-state index < -0.39 is 54.0 Å². The highest BCUT2D eigenvalue weighted by Gasteiger charge is 2.41. The average molecular weight is 342 g/mol. The van der Waals surface area contributed by atoms with Crippen LogP contribution in [0.1, 0.15) is 0 Å². The van der Waals surface area contributed by atoms with Gasteiger partial charge in [-0.15, -0.1) is 0 Å². The first-order valence-corrected chi connectivity index (χ1v) is 7.61. The van der Waals surface area contributed by atoms with Gasteiger partial charge in [-0.25, -0.2) is 4.18 Å². The zero-order valence-electron chi connectivity index (χ0n) is 11.4. The SMILES string of the molecule is [N-]=[N+]=N[C@@H]1CN(C[C@@H](O)[C@H](CO)OS(=O)(=O)O)[C@H](CO)[C@H]1O. The molecule has 0 aromatic rings. The second-order valence-electron chi connectivity index (χ2n) is 4.78. The summed E-state index contributed by atoms with van der Waals surface area (Å²) >= 11 is 0. The Kier molecular flexibility index (Phi) is 6.93. The summed E-state index contributed by atoms with van der Waals surface area (Å²) in [6.07, 6.45) is -4.33. The van der Waals surface area contributed by atoms with Crippen molar-refractivity contribution in [3.05, 3.63) is 10.4 Å². The number of rotatable bonds is 8. The molecule has 0 amide bonds. The van der Waals surface area contributed by atoms with Gasteiger partial charge in [-0.1, -0.05) is 5.11 Å². The van der Waals surface area contributed by atoms with Crippen molar-refractivity contribution in [2.45, 2.75) is 30.4 Å². The van der Waals surface area contributed by atoms with E-state index in [4.69, 9.17) is 15.2 Å². The molecule has 1 saturated heterocycles. The molecule has 0 spiro atoms. The summed E-state index contributed by atoms with van der Waals surface area (Å²) in [5, 5.41) is 41.4. The number of hydrogen-bond acceptors (Lipinski definition) is 9. The van der Waals surface area contributed by atoms with Crippen LogP contribution in [0.5, 0.6) is 0 Å². The number of nitrogens with zero attached hydrogens (tertiary/aromatic N) is 4. The summed E-state index contributed by atoms with van der Waals surface area (Å²) in [4.78, 5) is 3.93. The third-order valence-electron chi connectivity index (χ3n) is 3.34. The third-order valence-corrected chi connectivity index (χ3v) is 3.83. The van der Waals surface area contributed by atoms with Crippen LogP contribution >= 0.6 is 0 Å². The van der Waals surface area contributed by atoms with Crippen LogP contribution in [-0.4, -0.2) is 95.0 Å². The van der Waals surface area contributed by atoms with Gasteiger partial charge < -0.3 is 20.4 Å². The molecule has 1 aliphatic heterocycles. The Balaban J connectivity index is 2.76. The Morgan fingerprint density at radius 3 is 2.55 bits per heavy atom. The number of hydrogen-bond donors (Lipinski definition) is 5. The van der Waals surface area contributed by atoms with Crippen molar-refractivity contribution in [2.24, 2.45) is 5.11 Å².